The molecule has 0 aliphatic carbocycles. The summed E-state index contributed by atoms with van der Waals surface area (Å²) in [6.45, 7) is 4.35. The zero-order chi connectivity index (χ0) is 18.9. The molecule has 0 radical (unpaired) electrons. The molecule has 3 heterocycles. The summed E-state index contributed by atoms with van der Waals surface area (Å²) in [5.74, 6) is 2.72. The van der Waals surface area contributed by atoms with E-state index in [9.17, 15) is 0 Å². The van der Waals surface area contributed by atoms with Gasteiger partial charge in [0.15, 0.2) is 5.82 Å². The first-order valence-corrected chi connectivity index (χ1v) is 9.26. The molecule has 1 fully saturated rings. The van der Waals surface area contributed by atoms with E-state index in [1.54, 1.807) is 19.5 Å². The molecule has 0 spiro atoms. The van der Waals surface area contributed by atoms with Crippen molar-refractivity contribution in [2.24, 2.45) is 0 Å². The second-order valence-electron chi connectivity index (χ2n) is 7.54. The van der Waals surface area contributed by atoms with Crippen LogP contribution in [0.2, 0.25) is 0 Å². The first-order valence-electron chi connectivity index (χ1n) is 9.26. The number of nitrogens with zero attached hydrogens (tertiary/aromatic N) is 5. The summed E-state index contributed by atoms with van der Waals surface area (Å²) in [5.41, 5.74) is 2.16. The first-order chi connectivity index (χ1) is 13.1. The molecule has 1 saturated heterocycles. The monoisotopic (exact) mass is 363 g/mol. The third-order valence-electron chi connectivity index (χ3n) is 5.28. The zero-order valence-electron chi connectivity index (χ0n) is 16.1. The van der Waals surface area contributed by atoms with E-state index in [2.05, 4.69) is 36.0 Å². The second-order valence-corrected chi connectivity index (χ2v) is 7.54. The molecule has 0 saturated carbocycles. The molecule has 6 nitrogen and oxygen atoms in total. The lowest BCUT2D eigenvalue weighted by Gasteiger charge is -2.23. The molecular weight excluding hydrogens is 338 g/mol. The summed E-state index contributed by atoms with van der Waals surface area (Å²) in [7, 11) is 3.84. The van der Waals surface area contributed by atoms with Crippen molar-refractivity contribution < 1.29 is 4.74 Å². The first kappa shape index (κ1) is 17.7. The highest BCUT2D eigenvalue weighted by Gasteiger charge is 2.38. The van der Waals surface area contributed by atoms with Gasteiger partial charge >= 0.3 is 0 Å². The normalized spacial score (nSPS) is 20.1. The molecule has 140 valence electrons. The van der Waals surface area contributed by atoms with Gasteiger partial charge in [-0.05, 0) is 49.8 Å². The van der Waals surface area contributed by atoms with Gasteiger partial charge in [0.25, 0.3) is 0 Å². The summed E-state index contributed by atoms with van der Waals surface area (Å²) < 4.78 is 7.25. The van der Waals surface area contributed by atoms with Crippen LogP contribution in [0.3, 0.4) is 0 Å². The number of pyridine rings is 1. The van der Waals surface area contributed by atoms with E-state index < -0.39 is 0 Å². The van der Waals surface area contributed by atoms with Crippen molar-refractivity contribution in [1.82, 2.24) is 24.6 Å². The maximum Gasteiger partial charge on any atom is 0.155 e. The lowest BCUT2D eigenvalue weighted by atomic mass is 9.88. The smallest absolute Gasteiger partial charge is 0.155 e. The number of hydrogen-bond donors (Lipinski definition) is 0. The van der Waals surface area contributed by atoms with Crippen LogP contribution >= 0.6 is 0 Å². The Morgan fingerprint density at radius 3 is 2.48 bits per heavy atom. The molecule has 0 N–H and O–H groups in total. The fourth-order valence-electron chi connectivity index (χ4n) is 3.79. The van der Waals surface area contributed by atoms with Crippen LogP contribution in [0, 0.1) is 0 Å². The largest absolute Gasteiger partial charge is 0.497 e. The van der Waals surface area contributed by atoms with Crippen molar-refractivity contribution >= 4 is 0 Å². The Morgan fingerprint density at radius 2 is 1.85 bits per heavy atom. The van der Waals surface area contributed by atoms with Gasteiger partial charge in [0.05, 0.1) is 12.8 Å². The highest BCUT2D eigenvalue weighted by Crippen LogP contribution is 2.33. The van der Waals surface area contributed by atoms with Crippen LogP contribution < -0.4 is 4.74 Å². The van der Waals surface area contributed by atoms with E-state index in [1.807, 2.05) is 28.9 Å². The lowest BCUT2D eigenvalue weighted by Crippen LogP contribution is -2.29. The van der Waals surface area contributed by atoms with Gasteiger partial charge in [-0.15, -0.1) is 0 Å². The highest BCUT2D eigenvalue weighted by atomic mass is 16.5. The topological polar surface area (TPSA) is 56.1 Å². The Balaban J connectivity index is 1.71. The number of benzene rings is 1. The Morgan fingerprint density at radius 1 is 1.11 bits per heavy atom. The van der Waals surface area contributed by atoms with Gasteiger partial charge in [-0.25, -0.2) is 9.67 Å². The third-order valence-corrected chi connectivity index (χ3v) is 5.28. The average Bonchev–Trinajstić information content (AvgIpc) is 3.27. The number of aromatic nitrogens is 4. The standard InChI is InChI=1S/C21H25N5O/c1-21(10-13-25(2)15-21)20-23-19(14-16-4-6-18(27-3)7-5-16)24-26(20)17-8-11-22-12-9-17/h4-9,11-12H,10,13-15H2,1-3H3. The molecular formula is C21H25N5O. The Bertz CT molecular complexity index is 906. The van der Waals surface area contributed by atoms with Gasteiger partial charge in [-0.3, -0.25) is 4.98 Å². The minimum absolute atomic E-state index is 0.0107. The fraction of sp³-hybridized carbons (Fsp3) is 0.381. The Kier molecular flexibility index (Phi) is 4.66. The van der Waals surface area contributed by atoms with Gasteiger partial charge in [0, 0.05) is 30.8 Å². The van der Waals surface area contributed by atoms with Crippen LogP contribution in [0.1, 0.15) is 30.6 Å². The number of likely N-dealkylation sites (tertiary alicyclic amines) is 1. The van der Waals surface area contributed by atoms with Crippen LogP contribution in [0.25, 0.3) is 5.69 Å². The van der Waals surface area contributed by atoms with E-state index in [4.69, 9.17) is 14.8 Å². The molecule has 3 aromatic rings. The molecule has 2 aromatic heterocycles. The molecule has 1 atom stereocenters. The van der Waals surface area contributed by atoms with Crippen LogP contribution in [0.15, 0.2) is 48.8 Å². The summed E-state index contributed by atoms with van der Waals surface area (Å²) in [6, 6.07) is 12.1. The maximum absolute atomic E-state index is 5.25. The third kappa shape index (κ3) is 3.57. The van der Waals surface area contributed by atoms with Gasteiger partial charge in [-0.2, -0.15) is 5.10 Å². The molecule has 1 aliphatic rings. The van der Waals surface area contributed by atoms with E-state index in [-0.39, 0.29) is 5.41 Å². The average molecular weight is 363 g/mol. The Hall–Kier alpha value is -2.73. The van der Waals surface area contributed by atoms with Gasteiger partial charge in [-0.1, -0.05) is 19.1 Å². The molecule has 27 heavy (non-hydrogen) atoms. The van der Waals surface area contributed by atoms with Crippen molar-refractivity contribution in [3.05, 3.63) is 66.0 Å². The van der Waals surface area contributed by atoms with Crippen LogP contribution in [0.5, 0.6) is 5.75 Å². The summed E-state index contributed by atoms with van der Waals surface area (Å²) in [4.78, 5) is 11.5. The van der Waals surface area contributed by atoms with Crippen molar-refractivity contribution in [3.63, 3.8) is 0 Å². The Labute approximate surface area is 159 Å². The quantitative estimate of drug-likeness (QED) is 0.698. The summed E-state index contributed by atoms with van der Waals surface area (Å²) in [6.07, 6.45) is 5.37. The number of methoxy groups -OCH3 is 1. The van der Waals surface area contributed by atoms with Crippen LogP contribution in [-0.4, -0.2) is 51.9 Å². The molecule has 1 aromatic carbocycles. The highest BCUT2D eigenvalue weighted by molar-refractivity contribution is 5.33. The van der Waals surface area contributed by atoms with Gasteiger partial charge in [0.2, 0.25) is 0 Å². The van der Waals surface area contributed by atoms with Crippen LogP contribution in [0.4, 0.5) is 0 Å². The predicted molar refractivity (Wildman–Crippen MR) is 104 cm³/mol. The summed E-state index contributed by atoms with van der Waals surface area (Å²) in [5, 5.41) is 4.86. The fourth-order valence-corrected chi connectivity index (χ4v) is 3.79. The summed E-state index contributed by atoms with van der Waals surface area (Å²) >= 11 is 0. The van der Waals surface area contributed by atoms with Crippen molar-refractivity contribution in [2.75, 3.05) is 27.2 Å². The number of likely N-dealkylation sites (N-methyl/N-ethyl adjacent to an activating group) is 1. The molecule has 1 unspecified atom stereocenters. The second kappa shape index (κ2) is 7.12. The maximum atomic E-state index is 5.25. The lowest BCUT2D eigenvalue weighted by molar-refractivity contribution is 0.370. The van der Waals surface area contributed by atoms with Crippen molar-refractivity contribution in [1.29, 1.82) is 0 Å². The molecule has 1 aliphatic heterocycles. The van der Waals surface area contributed by atoms with Crippen molar-refractivity contribution in [2.45, 2.75) is 25.2 Å². The SMILES string of the molecule is COc1ccc(Cc2nc(C3(C)CCN(C)C3)n(-c3ccncc3)n2)cc1. The van der Waals surface area contributed by atoms with E-state index in [1.165, 1.54) is 5.56 Å². The molecule has 6 heteroatoms. The zero-order valence-corrected chi connectivity index (χ0v) is 16.1. The van der Waals surface area contributed by atoms with E-state index in [0.29, 0.717) is 6.42 Å². The van der Waals surface area contributed by atoms with Crippen LogP contribution in [-0.2, 0) is 11.8 Å². The number of hydrogen-bond acceptors (Lipinski definition) is 5. The molecule has 4 rings (SSSR count). The molecule has 0 bridgehead atoms. The van der Waals surface area contributed by atoms with Gasteiger partial charge in [0.1, 0.15) is 11.6 Å². The van der Waals surface area contributed by atoms with E-state index >= 15 is 0 Å². The van der Waals surface area contributed by atoms with Crippen molar-refractivity contribution in [3.8, 4) is 11.4 Å². The number of ether oxygens (including phenoxy) is 1. The minimum atomic E-state index is -0.0107. The molecule has 0 amide bonds. The van der Waals surface area contributed by atoms with Gasteiger partial charge < -0.3 is 9.64 Å². The van der Waals surface area contributed by atoms with E-state index in [0.717, 1.165) is 42.6 Å². The minimum Gasteiger partial charge on any atom is -0.497 e. The number of rotatable bonds is 5. The predicted octanol–water partition coefficient (Wildman–Crippen LogP) is 2.85.